The Bertz CT molecular complexity index is 1220. The van der Waals surface area contributed by atoms with E-state index in [1.165, 1.54) is 33.5 Å². The molecule has 0 amide bonds. The molecule has 0 spiro atoms. The van der Waals surface area contributed by atoms with Crippen LogP contribution in [-0.2, 0) is 5.41 Å². The summed E-state index contributed by atoms with van der Waals surface area (Å²) in [4.78, 5) is 2.30. The molecule has 0 N–H and O–H groups in total. The normalized spacial score (nSPS) is 17.4. The van der Waals surface area contributed by atoms with Gasteiger partial charge in [0, 0.05) is 29.3 Å². The highest BCUT2D eigenvalue weighted by Crippen LogP contribution is 2.53. The molecule has 0 unspecified atom stereocenters. The van der Waals surface area contributed by atoms with Gasteiger partial charge in [-0.1, -0.05) is 62.1 Å². The summed E-state index contributed by atoms with van der Waals surface area (Å²) in [5, 5.41) is 0. The number of allylic oxidation sites excluding steroid dienone is 5. The lowest BCUT2D eigenvalue weighted by Crippen LogP contribution is -2.23. The molecular weight excluding hydrogens is 338 g/mol. The molecule has 0 bridgehead atoms. The fourth-order valence-electron chi connectivity index (χ4n) is 4.74. The highest BCUT2D eigenvalue weighted by molar-refractivity contribution is 5.88. The van der Waals surface area contributed by atoms with Gasteiger partial charge in [0.1, 0.15) is 0 Å². The van der Waals surface area contributed by atoms with Crippen molar-refractivity contribution in [2.75, 3.05) is 11.9 Å². The lowest BCUT2D eigenvalue weighted by molar-refractivity contribution is 0.659. The van der Waals surface area contributed by atoms with Crippen LogP contribution in [0.15, 0.2) is 95.1 Å². The second-order valence-corrected chi connectivity index (χ2v) is 8.22. The molecular formula is C27H23N. The number of rotatable bonds is 3. The lowest BCUT2D eigenvalue weighted by Gasteiger charge is -2.30. The average Bonchev–Trinajstić information content (AvgIpc) is 3.41. The van der Waals surface area contributed by atoms with Crippen molar-refractivity contribution in [1.29, 1.82) is 0 Å². The second-order valence-electron chi connectivity index (χ2n) is 8.22. The third-order valence-electron chi connectivity index (χ3n) is 6.15. The zero-order valence-corrected chi connectivity index (χ0v) is 16.8. The van der Waals surface area contributed by atoms with Crippen LogP contribution in [0.25, 0.3) is 11.1 Å². The molecule has 0 saturated carbocycles. The van der Waals surface area contributed by atoms with Crippen molar-refractivity contribution in [2.24, 2.45) is 0 Å². The van der Waals surface area contributed by atoms with Crippen molar-refractivity contribution in [3.05, 3.63) is 112 Å². The molecule has 3 aliphatic carbocycles. The molecule has 1 nitrogen and oxygen atoms in total. The maximum atomic E-state index is 3.58. The molecule has 0 aliphatic heterocycles. The molecule has 0 fully saturated rings. The molecule has 0 aromatic heterocycles. The van der Waals surface area contributed by atoms with Crippen molar-refractivity contribution in [1.82, 2.24) is 0 Å². The second kappa shape index (κ2) is 5.88. The van der Waals surface area contributed by atoms with Gasteiger partial charge < -0.3 is 4.90 Å². The standard InChI is InChI=1S/C27H23N/c1-18-13-16-23-22-11-7-8-12-24(22)27(2,3)25(23)26(18)28(4)21-15-14-20(17-21)19-9-5-6-10-19/h5-9,11-16H,1-4H3. The van der Waals surface area contributed by atoms with Crippen molar-refractivity contribution >= 4 is 5.69 Å². The van der Waals surface area contributed by atoms with Crippen molar-refractivity contribution in [2.45, 2.75) is 26.2 Å². The summed E-state index contributed by atoms with van der Waals surface area (Å²) in [6, 6.07) is 13.3. The van der Waals surface area contributed by atoms with E-state index in [0.717, 1.165) is 16.8 Å². The summed E-state index contributed by atoms with van der Waals surface area (Å²) >= 11 is 0. The van der Waals surface area contributed by atoms with E-state index in [4.69, 9.17) is 0 Å². The number of hydrogen-bond acceptors (Lipinski definition) is 1. The van der Waals surface area contributed by atoms with Crippen LogP contribution in [0.1, 0.15) is 30.5 Å². The van der Waals surface area contributed by atoms with Gasteiger partial charge in [0.25, 0.3) is 0 Å². The molecule has 2 aromatic rings. The summed E-state index contributed by atoms with van der Waals surface area (Å²) in [7, 11) is 2.16. The molecule has 0 saturated heterocycles. The monoisotopic (exact) mass is 361 g/mol. The SMILES string of the molecule is Cc1ccc2c(c1N(C)C1=C=C(C3=C=CC=C3)C=C1)C(C)(C)c1ccccc1-2. The van der Waals surface area contributed by atoms with Crippen LogP contribution in [0.4, 0.5) is 5.69 Å². The van der Waals surface area contributed by atoms with E-state index in [9.17, 15) is 0 Å². The summed E-state index contributed by atoms with van der Waals surface area (Å²) in [6.45, 7) is 6.89. The molecule has 5 rings (SSSR count). The number of likely N-dealkylation sites (N-methyl/N-ethyl adjacent to an activating group) is 1. The van der Waals surface area contributed by atoms with E-state index >= 15 is 0 Å². The van der Waals surface area contributed by atoms with Gasteiger partial charge in [-0.25, -0.2) is 0 Å². The van der Waals surface area contributed by atoms with Crippen LogP contribution in [0.3, 0.4) is 0 Å². The van der Waals surface area contributed by atoms with Gasteiger partial charge in [-0.2, -0.15) is 0 Å². The first-order valence-corrected chi connectivity index (χ1v) is 9.79. The Morgan fingerprint density at radius 3 is 2.50 bits per heavy atom. The van der Waals surface area contributed by atoms with Gasteiger partial charge in [0.05, 0.1) is 5.70 Å². The average molecular weight is 361 g/mol. The predicted molar refractivity (Wildman–Crippen MR) is 118 cm³/mol. The molecule has 3 aliphatic rings. The number of anilines is 1. The van der Waals surface area contributed by atoms with Gasteiger partial charge in [-0.05, 0) is 59.0 Å². The van der Waals surface area contributed by atoms with Crippen LogP contribution in [0, 0.1) is 6.92 Å². The minimum absolute atomic E-state index is 0.0313. The fourth-order valence-corrected chi connectivity index (χ4v) is 4.74. The quantitative estimate of drug-likeness (QED) is 0.574. The van der Waals surface area contributed by atoms with Gasteiger partial charge in [0.15, 0.2) is 0 Å². The number of benzene rings is 2. The Labute approximate surface area is 167 Å². The largest absolute Gasteiger partial charge is 0.338 e. The van der Waals surface area contributed by atoms with Crippen LogP contribution < -0.4 is 4.90 Å². The van der Waals surface area contributed by atoms with Crippen molar-refractivity contribution < 1.29 is 0 Å². The summed E-state index contributed by atoms with van der Waals surface area (Å²) in [6.07, 6.45) is 10.3. The molecule has 1 heteroatoms. The minimum atomic E-state index is -0.0313. The first kappa shape index (κ1) is 16.9. The molecule has 0 radical (unpaired) electrons. The highest BCUT2D eigenvalue weighted by atomic mass is 15.1. The van der Waals surface area contributed by atoms with Crippen LogP contribution in [0.2, 0.25) is 0 Å². The van der Waals surface area contributed by atoms with Crippen molar-refractivity contribution in [3.8, 4) is 11.1 Å². The van der Waals surface area contributed by atoms with Gasteiger partial charge >= 0.3 is 0 Å². The van der Waals surface area contributed by atoms with Gasteiger partial charge in [-0.15, -0.1) is 5.73 Å². The molecule has 0 heterocycles. The van der Waals surface area contributed by atoms with Crippen LogP contribution >= 0.6 is 0 Å². The van der Waals surface area contributed by atoms with Crippen molar-refractivity contribution in [3.63, 3.8) is 0 Å². The Morgan fingerprint density at radius 1 is 0.893 bits per heavy atom. The Morgan fingerprint density at radius 2 is 1.71 bits per heavy atom. The van der Waals surface area contributed by atoms with E-state index in [1.807, 2.05) is 12.2 Å². The Hall–Kier alpha value is -3.24. The van der Waals surface area contributed by atoms with E-state index < -0.39 is 0 Å². The summed E-state index contributed by atoms with van der Waals surface area (Å²) < 4.78 is 0. The molecule has 28 heavy (non-hydrogen) atoms. The zero-order chi connectivity index (χ0) is 19.5. The fraction of sp³-hybridized carbons (Fsp3) is 0.185. The highest BCUT2D eigenvalue weighted by Gasteiger charge is 2.38. The van der Waals surface area contributed by atoms with E-state index in [2.05, 4.69) is 98.8 Å². The van der Waals surface area contributed by atoms with Gasteiger partial charge in [0.2, 0.25) is 0 Å². The maximum absolute atomic E-state index is 3.58. The topological polar surface area (TPSA) is 3.24 Å². The number of aryl methyl sites for hydroxylation is 1. The summed E-state index contributed by atoms with van der Waals surface area (Å²) in [5.41, 5.74) is 18.2. The zero-order valence-electron chi connectivity index (χ0n) is 16.8. The minimum Gasteiger partial charge on any atom is -0.338 e. The van der Waals surface area contributed by atoms with Crippen LogP contribution in [-0.4, -0.2) is 7.05 Å². The van der Waals surface area contributed by atoms with E-state index in [1.54, 1.807) is 0 Å². The number of nitrogens with zero attached hydrogens (tertiary/aromatic N) is 1. The first-order valence-electron chi connectivity index (χ1n) is 9.79. The predicted octanol–water partition coefficient (Wildman–Crippen LogP) is 6.37. The lowest BCUT2D eigenvalue weighted by atomic mass is 9.80. The Kier molecular flexibility index (Phi) is 3.55. The molecule has 2 aromatic carbocycles. The van der Waals surface area contributed by atoms with E-state index in [0.29, 0.717) is 0 Å². The Balaban J connectivity index is 1.70. The first-order chi connectivity index (χ1) is 13.5. The van der Waals surface area contributed by atoms with Crippen LogP contribution in [0.5, 0.6) is 0 Å². The number of fused-ring (bicyclic) bond motifs is 3. The summed E-state index contributed by atoms with van der Waals surface area (Å²) in [5.74, 6) is 0. The third kappa shape index (κ3) is 2.28. The molecule has 136 valence electrons. The van der Waals surface area contributed by atoms with Gasteiger partial charge in [-0.3, -0.25) is 0 Å². The van der Waals surface area contributed by atoms with E-state index in [-0.39, 0.29) is 5.41 Å². The third-order valence-corrected chi connectivity index (χ3v) is 6.15. The molecule has 0 atom stereocenters. The maximum Gasteiger partial charge on any atom is 0.0848 e. The smallest absolute Gasteiger partial charge is 0.0848 e. The number of hydrogen-bond donors (Lipinski definition) is 0.